The summed E-state index contributed by atoms with van der Waals surface area (Å²) in [5, 5.41) is 2.99. The Morgan fingerprint density at radius 3 is 2.19 bits per heavy atom. The SMILES string of the molecule is CC(=O)N1CCC(C(=O)NCC#Cc2ccccc2)(c2ccccc2)CC1. The van der Waals surface area contributed by atoms with Gasteiger partial charge < -0.3 is 10.2 Å². The van der Waals surface area contributed by atoms with Crippen LogP contribution in [-0.2, 0) is 15.0 Å². The maximum absolute atomic E-state index is 13.1. The third kappa shape index (κ3) is 4.38. The van der Waals surface area contributed by atoms with Gasteiger partial charge in [-0.15, -0.1) is 0 Å². The van der Waals surface area contributed by atoms with Gasteiger partial charge in [-0.2, -0.15) is 0 Å². The van der Waals surface area contributed by atoms with Gasteiger partial charge in [0.25, 0.3) is 0 Å². The van der Waals surface area contributed by atoms with Crippen molar-refractivity contribution in [2.45, 2.75) is 25.2 Å². The summed E-state index contributed by atoms with van der Waals surface area (Å²) in [4.78, 5) is 26.6. The van der Waals surface area contributed by atoms with Gasteiger partial charge in [-0.1, -0.05) is 60.4 Å². The molecule has 2 amide bonds. The summed E-state index contributed by atoms with van der Waals surface area (Å²) in [6.07, 6.45) is 1.24. The van der Waals surface area contributed by atoms with E-state index >= 15 is 0 Å². The van der Waals surface area contributed by atoms with Crippen LogP contribution in [0.5, 0.6) is 0 Å². The predicted molar refractivity (Wildman–Crippen MR) is 106 cm³/mol. The third-order valence-electron chi connectivity index (χ3n) is 5.17. The van der Waals surface area contributed by atoms with Crippen molar-refractivity contribution in [1.82, 2.24) is 10.2 Å². The minimum absolute atomic E-state index is 0.0146. The molecule has 0 aliphatic carbocycles. The van der Waals surface area contributed by atoms with Crippen LogP contribution in [0.15, 0.2) is 60.7 Å². The Labute approximate surface area is 160 Å². The number of likely N-dealkylation sites (tertiary alicyclic amines) is 1. The molecule has 2 aromatic carbocycles. The van der Waals surface area contributed by atoms with Crippen molar-refractivity contribution < 1.29 is 9.59 Å². The lowest BCUT2D eigenvalue weighted by Crippen LogP contribution is -2.52. The minimum Gasteiger partial charge on any atom is -0.344 e. The molecule has 1 aliphatic heterocycles. The number of piperidine rings is 1. The average Bonchev–Trinajstić information content (AvgIpc) is 2.72. The van der Waals surface area contributed by atoms with Crippen molar-refractivity contribution >= 4 is 11.8 Å². The Morgan fingerprint density at radius 1 is 1.00 bits per heavy atom. The van der Waals surface area contributed by atoms with Crippen LogP contribution < -0.4 is 5.32 Å². The van der Waals surface area contributed by atoms with Gasteiger partial charge in [-0.3, -0.25) is 9.59 Å². The monoisotopic (exact) mass is 360 g/mol. The molecule has 4 heteroatoms. The Kier molecular flexibility index (Phi) is 5.93. The van der Waals surface area contributed by atoms with E-state index in [2.05, 4.69) is 17.2 Å². The maximum atomic E-state index is 13.1. The second kappa shape index (κ2) is 8.55. The van der Waals surface area contributed by atoms with Gasteiger partial charge in [0.2, 0.25) is 11.8 Å². The largest absolute Gasteiger partial charge is 0.344 e. The molecule has 0 bridgehead atoms. The zero-order chi connectivity index (χ0) is 19.1. The Morgan fingerprint density at radius 2 is 1.59 bits per heavy atom. The fourth-order valence-electron chi connectivity index (χ4n) is 3.57. The lowest BCUT2D eigenvalue weighted by Gasteiger charge is -2.40. The molecule has 0 atom stereocenters. The molecule has 0 saturated carbocycles. The van der Waals surface area contributed by atoms with E-state index in [1.54, 1.807) is 6.92 Å². The Hall–Kier alpha value is -3.06. The summed E-state index contributed by atoms with van der Waals surface area (Å²) in [6, 6.07) is 19.6. The van der Waals surface area contributed by atoms with E-state index in [1.807, 2.05) is 65.6 Å². The van der Waals surface area contributed by atoms with E-state index in [-0.39, 0.29) is 11.8 Å². The summed E-state index contributed by atoms with van der Waals surface area (Å²) < 4.78 is 0. The van der Waals surface area contributed by atoms with Gasteiger partial charge in [-0.25, -0.2) is 0 Å². The van der Waals surface area contributed by atoms with Gasteiger partial charge in [-0.05, 0) is 30.5 Å². The fourth-order valence-corrected chi connectivity index (χ4v) is 3.57. The van der Waals surface area contributed by atoms with Crippen LogP contribution in [0, 0.1) is 11.8 Å². The number of benzene rings is 2. The summed E-state index contributed by atoms with van der Waals surface area (Å²) in [5.41, 5.74) is 1.32. The summed E-state index contributed by atoms with van der Waals surface area (Å²) >= 11 is 0. The van der Waals surface area contributed by atoms with Crippen molar-refractivity contribution in [3.05, 3.63) is 71.8 Å². The second-order valence-electron chi connectivity index (χ2n) is 6.80. The molecule has 0 spiro atoms. The molecule has 1 N–H and O–H groups in total. The van der Waals surface area contributed by atoms with E-state index in [1.165, 1.54) is 0 Å². The van der Waals surface area contributed by atoms with Gasteiger partial charge in [0.05, 0.1) is 12.0 Å². The molecule has 27 heavy (non-hydrogen) atoms. The van der Waals surface area contributed by atoms with Gasteiger partial charge >= 0.3 is 0 Å². The first-order chi connectivity index (χ1) is 13.1. The standard InChI is InChI=1S/C23H24N2O2/c1-19(26)25-17-14-23(15-18-25,21-12-6-3-7-13-21)22(27)24-16-8-11-20-9-4-2-5-10-20/h2-7,9-10,12-13H,14-18H2,1H3,(H,24,27). The number of hydrogen-bond donors (Lipinski definition) is 1. The smallest absolute Gasteiger partial charge is 0.231 e. The van der Waals surface area contributed by atoms with Crippen molar-refractivity contribution in [3.8, 4) is 11.8 Å². The van der Waals surface area contributed by atoms with Gasteiger partial charge in [0, 0.05) is 25.6 Å². The summed E-state index contributed by atoms with van der Waals surface area (Å²) in [7, 11) is 0. The highest BCUT2D eigenvalue weighted by Gasteiger charge is 2.43. The van der Waals surface area contributed by atoms with Crippen LogP contribution in [0.1, 0.15) is 30.9 Å². The fraction of sp³-hybridized carbons (Fsp3) is 0.304. The number of nitrogens with one attached hydrogen (secondary N) is 1. The van der Waals surface area contributed by atoms with Crippen molar-refractivity contribution in [1.29, 1.82) is 0 Å². The van der Waals surface area contributed by atoms with Crippen LogP contribution in [0.25, 0.3) is 0 Å². The summed E-state index contributed by atoms with van der Waals surface area (Å²) in [5.74, 6) is 6.13. The third-order valence-corrected chi connectivity index (χ3v) is 5.17. The number of nitrogens with zero attached hydrogens (tertiary/aromatic N) is 1. The second-order valence-corrected chi connectivity index (χ2v) is 6.80. The van der Waals surface area contributed by atoms with E-state index in [0.29, 0.717) is 32.5 Å². The Balaban J connectivity index is 1.73. The molecule has 3 rings (SSSR count). The lowest BCUT2D eigenvalue weighted by atomic mass is 9.72. The molecular formula is C23H24N2O2. The van der Waals surface area contributed by atoms with Crippen LogP contribution in [0.2, 0.25) is 0 Å². The van der Waals surface area contributed by atoms with E-state index < -0.39 is 5.41 Å². The van der Waals surface area contributed by atoms with Crippen molar-refractivity contribution in [3.63, 3.8) is 0 Å². The first-order valence-electron chi connectivity index (χ1n) is 9.25. The molecule has 0 radical (unpaired) electrons. The normalized spacial score (nSPS) is 15.4. The quantitative estimate of drug-likeness (QED) is 0.856. The molecule has 1 fully saturated rings. The van der Waals surface area contributed by atoms with E-state index in [0.717, 1.165) is 11.1 Å². The molecule has 0 aromatic heterocycles. The van der Waals surface area contributed by atoms with Crippen LogP contribution in [0.3, 0.4) is 0 Å². The molecule has 1 saturated heterocycles. The predicted octanol–water partition coefficient (Wildman–Crippen LogP) is 2.73. The minimum atomic E-state index is -0.609. The topological polar surface area (TPSA) is 49.4 Å². The first-order valence-corrected chi connectivity index (χ1v) is 9.25. The molecule has 2 aromatic rings. The number of rotatable bonds is 3. The number of carbonyl (C=O) groups excluding carboxylic acids is 2. The van der Waals surface area contributed by atoms with E-state index in [9.17, 15) is 9.59 Å². The van der Waals surface area contributed by atoms with Crippen LogP contribution >= 0.6 is 0 Å². The van der Waals surface area contributed by atoms with Gasteiger partial charge in [0.15, 0.2) is 0 Å². The molecule has 1 aliphatic rings. The number of amides is 2. The molecule has 1 heterocycles. The van der Waals surface area contributed by atoms with Crippen LogP contribution in [0.4, 0.5) is 0 Å². The molecular weight excluding hydrogens is 336 g/mol. The molecule has 138 valence electrons. The Bertz CT molecular complexity index is 842. The van der Waals surface area contributed by atoms with Gasteiger partial charge in [0.1, 0.15) is 0 Å². The number of carbonyl (C=O) groups is 2. The lowest BCUT2D eigenvalue weighted by molar-refractivity contribution is -0.135. The zero-order valence-corrected chi connectivity index (χ0v) is 15.6. The number of hydrogen-bond acceptors (Lipinski definition) is 2. The average molecular weight is 360 g/mol. The highest BCUT2D eigenvalue weighted by molar-refractivity contribution is 5.89. The maximum Gasteiger partial charge on any atom is 0.231 e. The first kappa shape index (κ1) is 18.7. The van der Waals surface area contributed by atoms with Crippen molar-refractivity contribution in [2.24, 2.45) is 0 Å². The van der Waals surface area contributed by atoms with Crippen LogP contribution in [-0.4, -0.2) is 36.3 Å². The van der Waals surface area contributed by atoms with Crippen molar-refractivity contribution in [2.75, 3.05) is 19.6 Å². The van der Waals surface area contributed by atoms with E-state index in [4.69, 9.17) is 0 Å². The highest BCUT2D eigenvalue weighted by atomic mass is 16.2. The highest BCUT2D eigenvalue weighted by Crippen LogP contribution is 2.35. The summed E-state index contributed by atoms with van der Waals surface area (Å²) in [6.45, 7) is 3.06. The zero-order valence-electron chi connectivity index (χ0n) is 15.6. The molecule has 4 nitrogen and oxygen atoms in total. The molecule has 0 unspecified atom stereocenters.